The highest BCUT2D eigenvalue weighted by atomic mass is 19.4. The molecular formula is C31H39F5N2O6. The fraction of sp³-hybridized carbons (Fsp3) is 0.516. The van der Waals surface area contributed by atoms with Crippen LogP contribution in [0.2, 0.25) is 0 Å². The van der Waals surface area contributed by atoms with E-state index in [0.717, 1.165) is 18.6 Å². The van der Waals surface area contributed by atoms with Crippen molar-refractivity contribution in [3.8, 4) is 5.75 Å². The maximum absolute atomic E-state index is 13.7. The summed E-state index contributed by atoms with van der Waals surface area (Å²) in [7, 11) is 0. The Hall–Kier alpha value is -3.58. The lowest BCUT2D eigenvalue weighted by Crippen LogP contribution is -2.46. The van der Waals surface area contributed by atoms with Crippen molar-refractivity contribution >= 4 is 17.7 Å². The van der Waals surface area contributed by atoms with Crippen molar-refractivity contribution in [2.45, 2.75) is 76.4 Å². The second-order valence-corrected chi connectivity index (χ2v) is 10.5. The molecule has 0 saturated carbocycles. The summed E-state index contributed by atoms with van der Waals surface area (Å²) in [5, 5.41) is 21.2. The highest BCUT2D eigenvalue weighted by Crippen LogP contribution is 2.23. The second-order valence-electron chi connectivity index (χ2n) is 10.5. The second kappa shape index (κ2) is 18.3. The topological polar surface area (TPSA) is 116 Å². The van der Waals surface area contributed by atoms with E-state index in [1.165, 1.54) is 24.3 Å². The molecule has 44 heavy (non-hydrogen) atoms. The molecule has 244 valence electrons. The zero-order valence-corrected chi connectivity index (χ0v) is 24.5. The highest BCUT2D eigenvalue weighted by molar-refractivity contribution is 5.96. The minimum atomic E-state index is -5.08. The molecule has 8 nitrogen and oxygen atoms in total. The largest absolute Gasteiger partial charge is 0.494 e. The predicted molar refractivity (Wildman–Crippen MR) is 153 cm³/mol. The number of carboxylic acid groups (broad SMARTS) is 1. The molecule has 2 aromatic rings. The van der Waals surface area contributed by atoms with Crippen LogP contribution < -0.4 is 10.1 Å². The lowest BCUT2D eigenvalue weighted by molar-refractivity contribution is -0.192. The molecule has 1 heterocycles. The molecule has 3 rings (SSSR count). The van der Waals surface area contributed by atoms with Gasteiger partial charge in [0.25, 0.3) is 0 Å². The van der Waals surface area contributed by atoms with Gasteiger partial charge in [0, 0.05) is 38.0 Å². The molecular weight excluding hydrogens is 591 g/mol. The first kappa shape index (κ1) is 36.6. The molecule has 13 heteroatoms. The average Bonchev–Trinajstić information content (AvgIpc) is 3.39. The van der Waals surface area contributed by atoms with Gasteiger partial charge in [0.05, 0.1) is 12.6 Å². The number of ether oxygens (including phenoxy) is 1. The van der Waals surface area contributed by atoms with Gasteiger partial charge in [0.2, 0.25) is 5.91 Å². The number of aliphatic hydroxyl groups is 1. The number of nitrogens with zero attached hydrogens (tertiary/aromatic N) is 1. The number of carbonyl (C=O) groups excluding carboxylic acids is 2. The van der Waals surface area contributed by atoms with E-state index in [9.17, 15) is 36.6 Å². The van der Waals surface area contributed by atoms with E-state index < -0.39 is 36.3 Å². The van der Waals surface area contributed by atoms with Gasteiger partial charge in [-0.25, -0.2) is 13.6 Å². The highest BCUT2D eigenvalue weighted by Gasteiger charge is 2.38. The number of ketones is 1. The smallest absolute Gasteiger partial charge is 0.490 e. The number of unbranched alkanes of at least 4 members (excludes halogenated alkanes) is 2. The van der Waals surface area contributed by atoms with Crippen LogP contribution >= 0.6 is 0 Å². The van der Waals surface area contributed by atoms with Gasteiger partial charge in [-0.2, -0.15) is 13.2 Å². The van der Waals surface area contributed by atoms with Crippen LogP contribution in [0.15, 0.2) is 48.5 Å². The lowest BCUT2D eigenvalue weighted by Gasteiger charge is -2.29. The van der Waals surface area contributed by atoms with Crippen LogP contribution in [0.1, 0.15) is 73.9 Å². The number of aliphatic carboxylic acids is 1. The van der Waals surface area contributed by atoms with Gasteiger partial charge in [0.15, 0.2) is 5.78 Å². The van der Waals surface area contributed by atoms with Crippen LogP contribution in [-0.2, 0) is 9.59 Å². The van der Waals surface area contributed by atoms with Gasteiger partial charge < -0.3 is 20.3 Å². The van der Waals surface area contributed by atoms with E-state index in [4.69, 9.17) is 14.6 Å². The maximum atomic E-state index is 13.7. The Morgan fingerprint density at radius 2 is 1.64 bits per heavy atom. The first-order chi connectivity index (χ1) is 20.8. The average molecular weight is 631 g/mol. The fourth-order valence-electron chi connectivity index (χ4n) is 4.41. The van der Waals surface area contributed by atoms with Crippen molar-refractivity contribution in [2.75, 3.05) is 26.2 Å². The zero-order valence-electron chi connectivity index (χ0n) is 24.5. The van der Waals surface area contributed by atoms with Gasteiger partial charge in [-0.15, -0.1) is 0 Å². The Morgan fingerprint density at radius 1 is 1.02 bits per heavy atom. The SMILES string of the molecule is CCCCOc1ccc([C@@H](O)[C@@H](CN2CC[C@@H](F)C2)NC(=O)CCCCC(=O)c2ccc(F)cc2)cc1.O=C(O)C(F)(F)F. The normalized spacial score (nSPS) is 16.4. The minimum absolute atomic E-state index is 0.0920. The van der Waals surface area contributed by atoms with Gasteiger partial charge in [0.1, 0.15) is 23.8 Å². The predicted octanol–water partition coefficient (Wildman–Crippen LogP) is 5.64. The first-order valence-corrected chi connectivity index (χ1v) is 14.5. The number of amides is 1. The van der Waals surface area contributed by atoms with Crippen LogP contribution in [0.5, 0.6) is 5.75 Å². The van der Waals surface area contributed by atoms with Gasteiger partial charge in [-0.1, -0.05) is 25.5 Å². The van der Waals surface area contributed by atoms with Crippen molar-refractivity contribution in [1.29, 1.82) is 0 Å². The van der Waals surface area contributed by atoms with Crippen LogP contribution in [0.25, 0.3) is 0 Å². The summed E-state index contributed by atoms with van der Waals surface area (Å²) in [6.07, 6.45) is -3.00. The van der Waals surface area contributed by atoms with E-state index >= 15 is 0 Å². The number of aliphatic hydroxyl groups excluding tert-OH is 1. The van der Waals surface area contributed by atoms with Gasteiger partial charge in [-0.3, -0.25) is 14.5 Å². The van der Waals surface area contributed by atoms with Crippen LogP contribution in [0.3, 0.4) is 0 Å². The van der Waals surface area contributed by atoms with Crippen molar-refractivity contribution < 1.29 is 51.3 Å². The van der Waals surface area contributed by atoms with E-state index in [-0.39, 0.29) is 31.1 Å². The van der Waals surface area contributed by atoms with E-state index in [1.807, 2.05) is 4.90 Å². The summed E-state index contributed by atoms with van der Waals surface area (Å²) in [5.41, 5.74) is 1.10. The van der Waals surface area contributed by atoms with E-state index in [1.54, 1.807) is 24.3 Å². The number of hydrogen-bond acceptors (Lipinski definition) is 6. The lowest BCUT2D eigenvalue weighted by atomic mass is 10.0. The Balaban J connectivity index is 0.000000860. The molecule has 1 aliphatic rings. The maximum Gasteiger partial charge on any atom is 0.490 e. The molecule has 0 spiro atoms. The summed E-state index contributed by atoms with van der Waals surface area (Å²) in [6.45, 7) is 3.93. The molecule has 0 bridgehead atoms. The summed E-state index contributed by atoms with van der Waals surface area (Å²) in [6, 6.07) is 12.0. The molecule has 0 unspecified atom stereocenters. The summed E-state index contributed by atoms with van der Waals surface area (Å²) in [4.78, 5) is 35.8. The summed E-state index contributed by atoms with van der Waals surface area (Å²) >= 11 is 0. The Bertz CT molecular complexity index is 1180. The Labute approximate surface area is 253 Å². The molecule has 3 N–H and O–H groups in total. The number of rotatable bonds is 15. The molecule has 0 aliphatic carbocycles. The van der Waals surface area contributed by atoms with Crippen molar-refractivity contribution in [1.82, 2.24) is 10.2 Å². The van der Waals surface area contributed by atoms with E-state index in [0.29, 0.717) is 50.1 Å². The molecule has 1 fully saturated rings. The van der Waals surface area contributed by atoms with Crippen LogP contribution in [0.4, 0.5) is 22.0 Å². The number of nitrogens with one attached hydrogen (secondary N) is 1. The Kier molecular flexibility index (Phi) is 15.2. The number of halogens is 5. The number of alkyl halides is 4. The minimum Gasteiger partial charge on any atom is -0.494 e. The number of likely N-dealkylation sites (tertiary alicyclic amines) is 1. The third-order valence-electron chi connectivity index (χ3n) is 6.85. The van der Waals surface area contributed by atoms with Crippen molar-refractivity contribution in [3.05, 3.63) is 65.5 Å². The molecule has 1 saturated heterocycles. The first-order valence-electron chi connectivity index (χ1n) is 14.5. The number of benzene rings is 2. The third-order valence-corrected chi connectivity index (χ3v) is 6.85. The molecule has 1 aliphatic heterocycles. The molecule has 1 amide bonds. The molecule has 0 aromatic heterocycles. The molecule has 3 atom stereocenters. The van der Waals surface area contributed by atoms with Gasteiger partial charge >= 0.3 is 12.1 Å². The Morgan fingerprint density at radius 3 is 2.18 bits per heavy atom. The summed E-state index contributed by atoms with van der Waals surface area (Å²) < 4.78 is 64.2. The monoisotopic (exact) mass is 630 g/mol. The van der Waals surface area contributed by atoms with Crippen LogP contribution in [0, 0.1) is 5.82 Å². The molecule has 2 aromatic carbocycles. The number of carboxylic acids is 1. The molecule has 0 radical (unpaired) electrons. The van der Waals surface area contributed by atoms with Crippen LogP contribution in [-0.4, -0.2) is 77.4 Å². The quantitative estimate of drug-likeness (QED) is 0.133. The fourth-order valence-corrected chi connectivity index (χ4v) is 4.41. The summed E-state index contributed by atoms with van der Waals surface area (Å²) in [5.74, 6) is -2.75. The standard InChI is InChI=1S/C29H38F2N2O4.C2HF3O2/c1-2-3-18-37-25-14-10-22(11-15-25)29(36)26(20-33-17-16-24(31)19-33)32-28(35)7-5-4-6-27(34)21-8-12-23(30)13-9-21;3-2(4,5)1(6)7/h8-15,24,26,29,36H,2-7,16-20H2,1H3,(H,32,35);(H,6,7)/t24-,26-,29-;/m1./s1. The number of hydrogen-bond donors (Lipinski definition) is 3. The third kappa shape index (κ3) is 13.4. The van der Waals surface area contributed by atoms with E-state index in [2.05, 4.69) is 12.2 Å². The van der Waals surface area contributed by atoms with Crippen molar-refractivity contribution in [3.63, 3.8) is 0 Å². The van der Waals surface area contributed by atoms with Gasteiger partial charge in [-0.05, 0) is 67.6 Å². The number of carbonyl (C=O) groups is 3. The van der Waals surface area contributed by atoms with Crippen molar-refractivity contribution in [2.24, 2.45) is 0 Å². The zero-order chi connectivity index (χ0) is 32.7. The number of Topliss-reactive ketones (excluding diaryl/α,β-unsaturated/α-hetero) is 1.